The van der Waals surface area contributed by atoms with E-state index in [0.717, 1.165) is 11.1 Å². The molecule has 0 bridgehead atoms. The first kappa shape index (κ1) is 17.2. The van der Waals surface area contributed by atoms with Gasteiger partial charge in [-0.05, 0) is 26.0 Å². The number of ether oxygens (including phenoxy) is 3. The molecule has 0 spiro atoms. The molecule has 0 N–H and O–H groups in total. The Hall–Kier alpha value is -2.66. The Bertz CT molecular complexity index is 795. The second-order valence-corrected chi connectivity index (χ2v) is 6.05. The molecule has 2 aromatic rings. The molecule has 0 unspecified atom stereocenters. The molecule has 0 saturated heterocycles. The summed E-state index contributed by atoms with van der Waals surface area (Å²) in [6.45, 7) is 3.76. The van der Waals surface area contributed by atoms with E-state index in [1.807, 2.05) is 30.3 Å². The van der Waals surface area contributed by atoms with Crippen molar-refractivity contribution in [2.45, 2.75) is 33.4 Å². The minimum Gasteiger partial charge on any atom is -0.460 e. The first-order chi connectivity index (χ1) is 12.0. The molecule has 3 rings (SSSR count). The number of benzene rings is 2. The summed E-state index contributed by atoms with van der Waals surface area (Å²) in [7, 11) is 0. The van der Waals surface area contributed by atoms with Gasteiger partial charge in [-0.15, -0.1) is 0 Å². The van der Waals surface area contributed by atoms with Crippen molar-refractivity contribution in [1.82, 2.24) is 0 Å². The Balaban J connectivity index is 1.82. The van der Waals surface area contributed by atoms with Crippen molar-refractivity contribution in [2.24, 2.45) is 0 Å². The number of halogens is 1. The van der Waals surface area contributed by atoms with Gasteiger partial charge in [-0.25, -0.2) is 9.18 Å². The van der Waals surface area contributed by atoms with Crippen LogP contribution in [-0.4, -0.2) is 5.97 Å². The van der Waals surface area contributed by atoms with Crippen molar-refractivity contribution in [3.8, 4) is 5.75 Å². The lowest BCUT2D eigenvalue weighted by Gasteiger charge is -2.28. The molecule has 0 fully saturated rings. The smallest absolute Gasteiger partial charge is 0.331 e. The Kier molecular flexibility index (Phi) is 5.14. The van der Waals surface area contributed by atoms with Gasteiger partial charge in [0.15, 0.2) is 0 Å². The number of rotatable bonds is 4. The summed E-state index contributed by atoms with van der Waals surface area (Å²) in [6, 6.07) is 12.2. The van der Waals surface area contributed by atoms with E-state index in [2.05, 4.69) is 0 Å². The zero-order valence-corrected chi connectivity index (χ0v) is 14.1. The second kappa shape index (κ2) is 7.49. The van der Waals surface area contributed by atoms with Gasteiger partial charge < -0.3 is 14.2 Å². The number of hydrogen-bond acceptors (Lipinski definition) is 4. The van der Waals surface area contributed by atoms with Crippen LogP contribution in [-0.2, 0) is 27.5 Å². The normalized spacial score (nSPS) is 15.7. The molecule has 4 nitrogen and oxygen atoms in total. The molecule has 0 aliphatic carbocycles. The van der Waals surface area contributed by atoms with Gasteiger partial charge in [0.25, 0.3) is 0 Å². The SMILES string of the molecule is CC(C)=CC(=O)OCc1cc(F)cc2c1O[C@@H](c1ccccc1)OC2. The lowest BCUT2D eigenvalue weighted by molar-refractivity contribution is -0.139. The Morgan fingerprint density at radius 2 is 2.04 bits per heavy atom. The maximum absolute atomic E-state index is 13.8. The molecule has 0 saturated carbocycles. The average Bonchev–Trinajstić information content (AvgIpc) is 2.59. The zero-order chi connectivity index (χ0) is 17.8. The third-order valence-electron chi connectivity index (χ3n) is 3.67. The lowest BCUT2D eigenvalue weighted by Crippen LogP contribution is -2.19. The molecule has 0 amide bonds. The van der Waals surface area contributed by atoms with Gasteiger partial charge >= 0.3 is 5.97 Å². The number of carbonyl (C=O) groups excluding carboxylic acids is 1. The van der Waals surface area contributed by atoms with E-state index in [9.17, 15) is 9.18 Å². The van der Waals surface area contributed by atoms with Crippen molar-refractivity contribution in [2.75, 3.05) is 0 Å². The zero-order valence-electron chi connectivity index (χ0n) is 14.1. The maximum atomic E-state index is 13.8. The monoisotopic (exact) mass is 342 g/mol. The molecule has 1 heterocycles. The number of hydrogen-bond donors (Lipinski definition) is 0. The Morgan fingerprint density at radius 3 is 2.76 bits per heavy atom. The highest BCUT2D eigenvalue weighted by Crippen LogP contribution is 2.36. The fourth-order valence-corrected chi connectivity index (χ4v) is 2.58. The predicted octanol–water partition coefficient (Wildman–Crippen LogP) is 4.44. The predicted molar refractivity (Wildman–Crippen MR) is 90.2 cm³/mol. The lowest BCUT2D eigenvalue weighted by atomic mass is 10.1. The molecular formula is C20H19FO4. The largest absolute Gasteiger partial charge is 0.460 e. The summed E-state index contributed by atoms with van der Waals surface area (Å²) in [6.07, 6.45) is 0.814. The molecule has 0 aromatic heterocycles. The summed E-state index contributed by atoms with van der Waals surface area (Å²) in [5.41, 5.74) is 2.78. The van der Waals surface area contributed by atoms with Gasteiger partial charge in [0.2, 0.25) is 6.29 Å². The maximum Gasteiger partial charge on any atom is 0.331 e. The molecule has 2 aromatic carbocycles. The van der Waals surface area contributed by atoms with Crippen molar-refractivity contribution < 1.29 is 23.4 Å². The Morgan fingerprint density at radius 1 is 1.28 bits per heavy atom. The van der Waals surface area contributed by atoms with E-state index >= 15 is 0 Å². The Labute approximate surface area is 145 Å². The van der Waals surface area contributed by atoms with Crippen LogP contribution in [0.5, 0.6) is 5.75 Å². The van der Waals surface area contributed by atoms with Crippen molar-refractivity contribution in [3.63, 3.8) is 0 Å². The highest BCUT2D eigenvalue weighted by molar-refractivity contribution is 5.82. The summed E-state index contributed by atoms with van der Waals surface area (Å²) in [4.78, 5) is 11.7. The van der Waals surface area contributed by atoms with Crippen LogP contribution in [0.2, 0.25) is 0 Å². The van der Waals surface area contributed by atoms with Gasteiger partial charge in [-0.2, -0.15) is 0 Å². The molecule has 0 radical (unpaired) electrons. The first-order valence-electron chi connectivity index (χ1n) is 7.99. The van der Waals surface area contributed by atoms with Crippen LogP contribution in [0.3, 0.4) is 0 Å². The molecule has 5 heteroatoms. The highest BCUT2D eigenvalue weighted by atomic mass is 19.1. The van der Waals surface area contributed by atoms with Crippen molar-refractivity contribution in [3.05, 3.63) is 76.6 Å². The highest BCUT2D eigenvalue weighted by Gasteiger charge is 2.25. The molecule has 25 heavy (non-hydrogen) atoms. The molecule has 1 atom stereocenters. The van der Waals surface area contributed by atoms with E-state index in [4.69, 9.17) is 14.2 Å². The summed E-state index contributed by atoms with van der Waals surface area (Å²) in [5.74, 6) is -0.381. The number of carbonyl (C=O) groups is 1. The van der Waals surface area contributed by atoms with E-state index < -0.39 is 18.1 Å². The molecular weight excluding hydrogens is 323 g/mol. The standard InChI is InChI=1S/C20H19FO4/c1-13(2)8-18(22)23-11-15-9-17(21)10-16-12-24-20(25-19(15)16)14-6-4-3-5-7-14/h3-10,20H,11-12H2,1-2H3/t20-/m0/s1. The van der Waals surface area contributed by atoms with Gasteiger partial charge in [-0.3, -0.25) is 0 Å². The van der Waals surface area contributed by atoms with Crippen LogP contribution in [0, 0.1) is 5.82 Å². The summed E-state index contributed by atoms with van der Waals surface area (Å²) >= 11 is 0. The van der Waals surface area contributed by atoms with Crippen LogP contribution in [0.25, 0.3) is 0 Å². The van der Waals surface area contributed by atoms with Gasteiger partial charge in [0, 0.05) is 22.8 Å². The second-order valence-electron chi connectivity index (χ2n) is 6.05. The minimum absolute atomic E-state index is 0.0653. The minimum atomic E-state index is -0.577. The van der Waals surface area contributed by atoms with Gasteiger partial charge in [-0.1, -0.05) is 35.9 Å². The van der Waals surface area contributed by atoms with E-state index in [1.165, 1.54) is 18.2 Å². The topological polar surface area (TPSA) is 44.8 Å². The third kappa shape index (κ3) is 4.25. The van der Waals surface area contributed by atoms with Crippen LogP contribution < -0.4 is 4.74 Å². The van der Waals surface area contributed by atoms with Crippen LogP contribution in [0.1, 0.15) is 36.8 Å². The summed E-state index contributed by atoms with van der Waals surface area (Å²) < 4.78 is 30.6. The fraction of sp³-hybridized carbons (Fsp3) is 0.250. The molecule has 130 valence electrons. The quantitative estimate of drug-likeness (QED) is 0.608. The van der Waals surface area contributed by atoms with E-state index in [-0.39, 0.29) is 13.2 Å². The number of fused-ring (bicyclic) bond motifs is 1. The van der Waals surface area contributed by atoms with Crippen molar-refractivity contribution in [1.29, 1.82) is 0 Å². The fourth-order valence-electron chi connectivity index (χ4n) is 2.58. The van der Waals surface area contributed by atoms with Crippen molar-refractivity contribution >= 4 is 5.97 Å². The first-order valence-corrected chi connectivity index (χ1v) is 7.99. The molecule has 1 aliphatic heterocycles. The van der Waals surface area contributed by atoms with Gasteiger partial charge in [0.05, 0.1) is 6.61 Å². The average molecular weight is 342 g/mol. The third-order valence-corrected chi connectivity index (χ3v) is 3.67. The van der Waals surface area contributed by atoms with E-state index in [1.54, 1.807) is 13.8 Å². The summed E-state index contributed by atoms with van der Waals surface area (Å²) in [5, 5.41) is 0. The number of allylic oxidation sites excluding steroid dienone is 1. The van der Waals surface area contributed by atoms with Crippen LogP contribution in [0.15, 0.2) is 54.1 Å². The van der Waals surface area contributed by atoms with E-state index in [0.29, 0.717) is 16.9 Å². The van der Waals surface area contributed by atoms with Gasteiger partial charge in [0.1, 0.15) is 18.2 Å². The van der Waals surface area contributed by atoms with Crippen LogP contribution in [0.4, 0.5) is 4.39 Å². The molecule has 1 aliphatic rings. The number of esters is 1. The van der Waals surface area contributed by atoms with Crippen LogP contribution >= 0.6 is 0 Å².